The van der Waals surface area contributed by atoms with Crippen LogP contribution in [-0.4, -0.2) is 19.6 Å². The molecule has 0 aliphatic carbocycles. The van der Waals surface area contributed by atoms with Crippen LogP contribution in [-0.2, 0) is 11.3 Å². The van der Waals surface area contributed by atoms with E-state index in [-0.39, 0.29) is 12.6 Å². The van der Waals surface area contributed by atoms with Crippen molar-refractivity contribution in [3.8, 4) is 11.5 Å². The monoisotopic (exact) mass is 314 g/mol. The average molecular weight is 314 g/mol. The van der Waals surface area contributed by atoms with E-state index in [2.05, 4.69) is 24.4 Å². The van der Waals surface area contributed by atoms with Gasteiger partial charge in [-0.15, -0.1) is 0 Å². The first kappa shape index (κ1) is 16.8. The smallest absolute Gasteiger partial charge is 0.255 e. The molecule has 0 unspecified atom stereocenters. The number of primary amides is 1. The van der Waals surface area contributed by atoms with E-state index in [4.69, 9.17) is 15.2 Å². The summed E-state index contributed by atoms with van der Waals surface area (Å²) in [5.74, 6) is 0.604. The SMILES string of the molecule is COc1cccc(CN[C@H](C)c2ccccc2)c1OCC(N)=O. The van der Waals surface area contributed by atoms with Gasteiger partial charge in [-0.1, -0.05) is 42.5 Å². The van der Waals surface area contributed by atoms with E-state index in [1.165, 1.54) is 5.56 Å². The summed E-state index contributed by atoms with van der Waals surface area (Å²) in [4.78, 5) is 11.0. The number of amides is 1. The van der Waals surface area contributed by atoms with Gasteiger partial charge in [-0.25, -0.2) is 0 Å². The molecule has 2 rings (SSSR count). The first-order valence-electron chi connectivity index (χ1n) is 7.47. The largest absolute Gasteiger partial charge is 0.493 e. The van der Waals surface area contributed by atoms with Crippen molar-refractivity contribution in [2.24, 2.45) is 5.73 Å². The number of carbonyl (C=O) groups excluding carboxylic acids is 1. The Bertz CT molecular complexity index is 644. The first-order valence-corrected chi connectivity index (χ1v) is 7.47. The fourth-order valence-electron chi connectivity index (χ4n) is 2.29. The molecule has 0 aromatic heterocycles. The third-order valence-corrected chi connectivity index (χ3v) is 3.54. The molecule has 0 heterocycles. The first-order chi connectivity index (χ1) is 11.1. The van der Waals surface area contributed by atoms with Crippen LogP contribution in [0.4, 0.5) is 0 Å². The van der Waals surface area contributed by atoms with Crippen LogP contribution in [0.2, 0.25) is 0 Å². The second-order valence-corrected chi connectivity index (χ2v) is 5.22. The van der Waals surface area contributed by atoms with E-state index in [9.17, 15) is 4.79 Å². The number of carbonyl (C=O) groups is 1. The maximum absolute atomic E-state index is 11.0. The molecule has 1 amide bonds. The molecule has 0 fully saturated rings. The van der Waals surface area contributed by atoms with E-state index >= 15 is 0 Å². The Morgan fingerprint density at radius 2 is 1.91 bits per heavy atom. The molecule has 2 aromatic rings. The highest BCUT2D eigenvalue weighted by Crippen LogP contribution is 2.31. The number of ether oxygens (including phenoxy) is 2. The fourth-order valence-corrected chi connectivity index (χ4v) is 2.29. The van der Waals surface area contributed by atoms with E-state index in [0.29, 0.717) is 18.0 Å². The predicted molar refractivity (Wildman–Crippen MR) is 89.4 cm³/mol. The minimum Gasteiger partial charge on any atom is -0.493 e. The number of nitrogens with two attached hydrogens (primary N) is 1. The zero-order valence-corrected chi connectivity index (χ0v) is 13.4. The highest BCUT2D eigenvalue weighted by molar-refractivity contribution is 5.75. The molecule has 0 saturated heterocycles. The lowest BCUT2D eigenvalue weighted by Crippen LogP contribution is -2.22. The molecule has 1 atom stereocenters. The summed E-state index contributed by atoms with van der Waals surface area (Å²) in [6.45, 7) is 2.50. The zero-order valence-electron chi connectivity index (χ0n) is 13.4. The number of methoxy groups -OCH3 is 1. The highest BCUT2D eigenvalue weighted by atomic mass is 16.5. The van der Waals surface area contributed by atoms with Crippen molar-refractivity contribution in [3.63, 3.8) is 0 Å². The maximum atomic E-state index is 11.0. The quantitative estimate of drug-likeness (QED) is 0.785. The van der Waals surface area contributed by atoms with Crippen molar-refractivity contribution in [3.05, 3.63) is 59.7 Å². The number of rotatable bonds is 8. The summed E-state index contributed by atoms with van der Waals surface area (Å²) in [6.07, 6.45) is 0. The van der Waals surface area contributed by atoms with Crippen molar-refractivity contribution in [1.29, 1.82) is 0 Å². The molecule has 23 heavy (non-hydrogen) atoms. The molecule has 0 saturated carbocycles. The standard InChI is InChI=1S/C18H22N2O3/c1-13(14-7-4-3-5-8-14)20-11-15-9-6-10-16(22-2)18(15)23-12-17(19)21/h3-10,13,20H,11-12H2,1-2H3,(H2,19,21)/t13-/m1/s1. The number of nitrogens with one attached hydrogen (secondary N) is 1. The second-order valence-electron chi connectivity index (χ2n) is 5.22. The molecule has 0 aliphatic rings. The van der Waals surface area contributed by atoms with Gasteiger partial charge in [0.25, 0.3) is 5.91 Å². The molecule has 0 aliphatic heterocycles. The molecule has 0 spiro atoms. The van der Waals surface area contributed by atoms with Crippen LogP contribution in [0.25, 0.3) is 0 Å². The lowest BCUT2D eigenvalue weighted by Gasteiger charge is -2.18. The van der Waals surface area contributed by atoms with Crippen molar-refractivity contribution < 1.29 is 14.3 Å². The summed E-state index contributed by atoms with van der Waals surface area (Å²) in [5, 5.41) is 3.44. The summed E-state index contributed by atoms with van der Waals surface area (Å²) in [6, 6.07) is 16.0. The number of hydrogen-bond donors (Lipinski definition) is 2. The molecular formula is C18H22N2O3. The van der Waals surface area contributed by atoms with Gasteiger partial charge in [0.15, 0.2) is 18.1 Å². The number of para-hydroxylation sites is 1. The lowest BCUT2D eigenvalue weighted by atomic mass is 10.1. The van der Waals surface area contributed by atoms with Crippen LogP contribution in [0.5, 0.6) is 11.5 Å². The fraction of sp³-hybridized carbons (Fsp3) is 0.278. The van der Waals surface area contributed by atoms with Crippen molar-refractivity contribution in [2.45, 2.75) is 19.5 Å². The topological polar surface area (TPSA) is 73.6 Å². The highest BCUT2D eigenvalue weighted by Gasteiger charge is 2.13. The van der Waals surface area contributed by atoms with Gasteiger partial charge in [-0.2, -0.15) is 0 Å². The van der Waals surface area contributed by atoms with Gasteiger partial charge in [0.2, 0.25) is 0 Å². The van der Waals surface area contributed by atoms with E-state index in [1.54, 1.807) is 13.2 Å². The molecule has 0 radical (unpaired) electrons. The van der Waals surface area contributed by atoms with E-state index in [1.807, 2.05) is 30.3 Å². The Labute approximate surface area is 136 Å². The van der Waals surface area contributed by atoms with E-state index in [0.717, 1.165) is 5.56 Å². The molecule has 5 heteroatoms. The zero-order chi connectivity index (χ0) is 16.7. The predicted octanol–water partition coefficient (Wildman–Crippen LogP) is 2.41. The van der Waals surface area contributed by atoms with Gasteiger partial charge in [-0.3, -0.25) is 4.79 Å². The molecule has 0 bridgehead atoms. The van der Waals surface area contributed by atoms with Crippen LogP contribution in [0.1, 0.15) is 24.1 Å². The minimum absolute atomic E-state index is 0.179. The van der Waals surface area contributed by atoms with Crippen LogP contribution in [0.3, 0.4) is 0 Å². The lowest BCUT2D eigenvalue weighted by molar-refractivity contribution is -0.119. The normalized spacial score (nSPS) is 11.7. The third-order valence-electron chi connectivity index (χ3n) is 3.54. The maximum Gasteiger partial charge on any atom is 0.255 e. The molecule has 2 aromatic carbocycles. The Morgan fingerprint density at radius 3 is 2.57 bits per heavy atom. The van der Waals surface area contributed by atoms with Gasteiger partial charge in [0.1, 0.15) is 0 Å². The second kappa shape index (κ2) is 8.19. The van der Waals surface area contributed by atoms with Gasteiger partial charge < -0.3 is 20.5 Å². The number of benzene rings is 2. The van der Waals surface area contributed by atoms with Gasteiger partial charge in [0.05, 0.1) is 7.11 Å². The minimum atomic E-state index is -0.521. The van der Waals surface area contributed by atoms with Gasteiger partial charge in [0, 0.05) is 18.2 Å². The summed E-state index contributed by atoms with van der Waals surface area (Å²) < 4.78 is 10.8. The van der Waals surface area contributed by atoms with Crippen molar-refractivity contribution >= 4 is 5.91 Å². The molecule has 3 N–H and O–H groups in total. The average Bonchev–Trinajstić information content (AvgIpc) is 2.58. The molecule has 5 nitrogen and oxygen atoms in total. The van der Waals surface area contributed by atoms with Gasteiger partial charge in [-0.05, 0) is 18.6 Å². The summed E-state index contributed by atoms with van der Waals surface area (Å²) >= 11 is 0. The Hall–Kier alpha value is -2.53. The summed E-state index contributed by atoms with van der Waals surface area (Å²) in [5.41, 5.74) is 7.27. The van der Waals surface area contributed by atoms with Crippen molar-refractivity contribution in [2.75, 3.05) is 13.7 Å². The Balaban J connectivity index is 2.10. The van der Waals surface area contributed by atoms with Crippen LogP contribution in [0, 0.1) is 0 Å². The summed E-state index contributed by atoms with van der Waals surface area (Å²) in [7, 11) is 1.57. The Kier molecular flexibility index (Phi) is 6.00. The van der Waals surface area contributed by atoms with Crippen LogP contribution < -0.4 is 20.5 Å². The number of hydrogen-bond acceptors (Lipinski definition) is 4. The third kappa shape index (κ3) is 4.72. The Morgan fingerprint density at radius 1 is 1.17 bits per heavy atom. The molecule has 122 valence electrons. The van der Waals surface area contributed by atoms with Crippen LogP contribution in [0.15, 0.2) is 48.5 Å². The van der Waals surface area contributed by atoms with E-state index < -0.39 is 5.91 Å². The van der Waals surface area contributed by atoms with Crippen molar-refractivity contribution in [1.82, 2.24) is 5.32 Å². The van der Waals surface area contributed by atoms with Crippen LogP contribution >= 0.6 is 0 Å². The molecular weight excluding hydrogens is 292 g/mol. The van der Waals surface area contributed by atoms with Gasteiger partial charge >= 0.3 is 0 Å².